The summed E-state index contributed by atoms with van der Waals surface area (Å²) in [6.45, 7) is 5.27. The van der Waals surface area contributed by atoms with Gasteiger partial charge in [-0.05, 0) is 49.7 Å². The van der Waals surface area contributed by atoms with Gasteiger partial charge in [-0.1, -0.05) is 11.6 Å². The van der Waals surface area contributed by atoms with E-state index in [1.54, 1.807) is 48.8 Å². The van der Waals surface area contributed by atoms with Crippen molar-refractivity contribution in [1.29, 1.82) is 0 Å². The Kier molecular flexibility index (Phi) is 9.03. The van der Waals surface area contributed by atoms with Gasteiger partial charge in [-0.25, -0.2) is 8.78 Å². The van der Waals surface area contributed by atoms with Gasteiger partial charge in [0.05, 0.1) is 36.3 Å². The predicted molar refractivity (Wildman–Crippen MR) is 151 cm³/mol. The molecule has 10 heteroatoms. The summed E-state index contributed by atoms with van der Waals surface area (Å²) in [5.41, 5.74) is 2.83. The lowest BCUT2D eigenvalue weighted by molar-refractivity contribution is -0.0527. The standard InChI is InChI=1S/C31H32F2N4O4/c1-20-3-6-27(32)26(13-20)25-5-4-22(15-28(25)33)41-23-7-9-34-30(16-23)29-14-21(17-36-29)31(39)35-8-2-10-37-11-12-40-24(18-37)19-38/h3-7,9,13-17,24,36,38H,2,8,10-12,18-19H2,1H3,(H,35,39). The lowest BCUT2D eigenvalue weighted by atomic mass is 10.0. The third-order valence-electron chi connectivity index (χ3n) is 6.90. The maximum Gasteiger partial charge on any atom is 0.252 e. The first-order chi connectivity index (χ1) is 19.9. The first-order valence-corrected chi connectivity index (χ1v) is 13.5. The molecule has 41 heavy (non-hydrogen) atoms. The minimum absolute atomic E-state index is 0.00934. The first-order valence-electron chi connectivity index (χ1n) is 13.5. The van der Waals surface area contributed by atoms with Gasteiger partial charge in [-0.2, -0.15) is 0 Å². The van der Waals surface area contributed by atoms with Gasteiger partial charge < -0.3 is 24.9 Å². The van der Waals surface area contributed by atoms with Gasteiger partial charge in [0, 0.05) is 61.8 Å². The molecule has 1 amide bonds. The SMILES string of the molecule is Cc1ccc(F)c(-c2ccc(Oc3ccnc(-c4cc(C(=O)NCCCN5CCOC(CO)C5)c[nH]4)c3)cc2F)c1. The Labute approximate surface area is 236 Å². The number of halogens is 2. The summed E-state index contributed by atoms with van der Waals surface area (Å²) < 4.78 is 40.5. The molecule has 0 saturated carbocycles. The number of ether oxygens (including phenoxy) is 2. The highest BCUT2D eigenvalue weighted by atomic mass is 19.1. The van der Waals surface area contributed by atoms with Crippen molar-refractivity contribution in [3.05, 3.63) is 89.8 Å². The third-order valence-corrected chi connectivity index (χ3v) is 6.90. The number of carbonyl (C=O) groups excluding carboxylic acids is 1. The molecule has 0 bridgehead atoms. The van der Waals surface area contributed by atoms with Crippen molar-refractivity contribution in [3.8, 4) is 34.0 Å². The summed E-state index contributed by atoms with van der Waals surface area (Å²) >= 11 is 0. The van der Waals surface area contributed by atoms with Crippen molar-refractivity contribution >= 4 is 5.91 Å². The number of hydrogen-bond donors (Lipinski definition) is 3. The number of benzene rings is 2. The number of morpholine rings is 1. The van der Waals surface area contributed by atoms with E-state index in [4.69, 9.17) is 9.47 Å². The Bertz CT molecular complexity index is 1510. The molecule has 1 aliphatic heterocycles. The number of nitrogens with zero attached hydrogens (tertiary/aromatic N) is 2. The Morgan fingerprint density at radius 1 is 1.12 bits per heavy atom. The fourth-order valence-corrected chi connectivity index (χ4v) is 4.76. The van der Waals surface area contributed by atoms with Crippen LogP contribution in [-0.2, 0) is 4.74 Å². The van der Waals surface area contributed by atoms with Crippen LogP contribution in [0.25, 0.3) is 22.5 Å². The maximum absolute atomic E-state index is 14.9. The van der Waals surface area contributed by atoms with E-state index < -0.39 is 11.6 Å². The fraction of sp³-hybridized carbons (Fsp3) is 0.290. The van der Waals surface area contributed by atoms with Gasteiger partial charge >= 0.3 is 0 Å². The predicted octanol–water partition coefficient (Wildman–Crippen LogP) is 4.94. The van der Waals surface area contributed by atoms with Crippen LogP contribution in [0.3, 0.4) is 0 Å². The van der Waals surface area contributed by atoms with Crippen LogP contribution in [0, 0.1) is 18.6 Å². The Morgan fingerprint density at radius 3 is 2.80 bits per heavy atom. The molecule has 0 radical (unpaired) electrons. The molecular formula is C31H32F2N4O4. The van der Waals surface area contributed by atoms with Crippen LogP contribution in [0.4, 0.5) is 8.78 Å². The second-order valence-corrected chi connectivity index (χ2v) is 9.99. The number of aliphatic hydroxyl groups is 1. The van der Waals surface area contributed by atoms with E-state index in [1.165, 1.54) is 18.2 Å². The topological polar surface area (TPSA) is 99.7 Å². The number of aliphatic hydroxyl groups excluding tert-OH is 1. The summed E-state index contributed by atoms with van der Waals surface area (Å²) in [5.74, 6) is -0.606. The van der Waals surface area contributed by atoms with Gasteiger partial charge in [-0.3, -0.25) is 14.7 Å². The maximum atomic E-state index is 14.9. The number of carbonyl (C=O) groups is 1. The number of H-pyrrole nitrogens is 1. The second-order valence-electron chi connectivity index (χ2n) is 9.99. The van der Waals surface area contributed by atoms with Crippen LogP contribution in [0.5, 0.6) is 11.5 Å². The minimum atomic E-state index is -0.597. The lowest BCUT2D eigenvalue weighted by Gasteiger charge is -2.31. The Hall–Kier alpha value is -4.12. The van der Waals surface area contributed by atoms with Crippen LogP contribution in [0.2, 0.25) is 0 Å². The molecule has 0 aliphatic carbocycles. The van der Waals surface area contributed by atoms with Gasteiger partial charge in [0.25, 0.3) is 5.91 Å². The molecule has 2 aromatic carbocycles. The summed E-state index contributed by atoms with van der Waals surface area (Å²) in [7, 11) is 0. The monoisotopic (exact) mass is 562 g/mol. The van der Waals surface area contributed by atoms with Gasteiger partial charge in [-0.15, -0.1) is 0 Å². The van der Waals surface area contributed by atoms with E-state index >= 15 is 0 Å². The summed E-state index contributed by atoms with van der Waals surface area (Å²) in [4.78, 5) is 22.3. The average molecular weight is 563 g/mol. The minimum Gasteiger partial charge on any atom is -0.457 e. The van der Waals surface area contributed by atoms with Crippen molar-refractivity contribution < 1.29 is 28.2 Å². The number of aromatic nitrogens is 2. The van der Waals surface area contributed by atoms with E-state index in [2.05, 4.69) is 20.2 Å². The average Bonchev–Trinajstić information content (AvgIpc) is 3.48. The van der Waals surface area contributed by atoms with Crippen molar-refractivity contribution in [2.45, 2.75) is 19.4 Å². The smallest absolute Gasteiger partial charge is 0.252 e. The van der Waals surface area contributed by atoms with Crippen LogP contribution >= 0.6 is 0 Å². The molecule has 1 aliphatic rings. The van der Waals surface area contributed by atoms with E-state index in [9.17, 15) is 18.7 Å². The number of pyridine rings is 1. The Balaban J connectivity index is 1.18. The highest BCUT2D eigenvalue weighted by Crippen LogP contribution is 2.31. The Morgan fingerprint density at radius 2 is 1.98 bits per heavy atom. The summed E-state index contributed by atoms with van der Waals surface area (Å²) in [6, 6.07) is 13.9. The quantitative estimate of drug-likeness (QED) is 0.237. The summed E-state index contributed by atoms with van der Waals surface area (Å²) in [5, 5.41) is 12.2. The number of hydrogen-bond acceptors (Lipinski definition) is 6. The molecule has 1 unspecified atom stereocenters. The lowest BCUT2D eigenvalue weighted by Crippen LogP contribution is -2.44. The van der Waals surface area contributed by atoms with E-state index in [1.807, 2.05) is 6.92 Å². The zero-order valence-electron chi connectivity index (χ0n) is 22.7. The van der Waals surface area contributed by atoms with Crippen LogP contribution in [0.1, 0.15) is 22.3 Å². The molecule has 2 aromatic heterocycles. The third kappa shape index (κ3) is 7.15. The highest BCUT2D eigenvalue weighted by Gasteiger charge is 2.19. The number of aryl methyl sites for hydroxylation is 1. The van der Waals surface area contributed by atoms with Gasteiger partial charge in [0.15, 0.2) is 0 Å². The van der Waals surface area contributed by atoms with E-state index in [0.29, 0.717) is 42.4 Å². The first kappa shape index (κ1) is 28.4. The molecule has 214 valence electrons. The number of aromatic amines is 1. The number of amides is 1. The van der Waals surface area contributed by atoms with Gasteiger partial charge in [0.2, 0.25) is 0 Å². The molecule has 1 saturated heterocycles. The molecule has 3 N–H and O–H groups in total. The zero-order chi connectivity index (χ0) is 28.8. The molecule has 0 spiro atoms. The van der Waals surface area contributed by atoms with Crippen molar-refractivity contribution in [3.63, 3.8) is 0 Å². The molecular weight excluding hydrogens is 530 g/mol. The molecule has 5 rings (SSSR count). The van der Waals surface area contributed by atoms with Gasteiger partial charge in [0.1, 0.15) is 23.1 Å². The summed E-state index contributed by atoms with van der Waals surface area (Å²) in [6.07, 6.45) is 3.81. The van der Waals surface area contributed by atoms with Crippen molar-refractivity contribution in [2.24, 2.45) is 0 Å². The highest BCUT2D eigenvalue weighted by molar-refractivity contribution is 5.95. The van der Waals surface area contributed by atoms with Crippen molar-refractivity contribution in [2.75, 3.05) is 39.4 Å². The normalized spacial score (nSPS) is 15.6. The molecule has 4 aromatic rings. The van der Waals surface area contributed by atoms with E-state index in [0.717, 1.165) is 25.1 Å². The fourth-order valence-electron chi connectivity index (χ4n) is 4.76. The van der Waals surface area contributed by atoms with E-state index in [-0.39, 0.29) is 35.5 Å². The molecule has 8 nitrogen and oxygen atoms in total. The molecule has 3 heterocycles. The van der Waals surface area contributed by atoms with Crippen LogP contribution in [-0.4, -0.2) is 71.4 Å². The number of rotatable bonds is 10. The molecule has 1 fully saturated rings. The number of nitrogens with one attached hydrogen (secondary N) is 2. The van der Waals surface area contributed by atoms with Crippen LogP contribution in [0.15, 0.2) is 67.0 Å². The largest absolute Gasteiger partial charge is 0.457 e. The van der Waals surface area contributed by atoms with Crippen LogP contribution < -0.4 is 10.1 Å². The molecule has 1 atom stereocenters. The van der Waals surface area contributed by atoms with Crippen molar-refractivity contribution in [1.82, 2.24) is 20.2 Å². The second kappa shape index (κ2) is 13.0. The zero-order valence-corrected chi connectivity index (χ0v) is 22.7.